The predicted molar refractivity (Wildman–Crippen MR) is 137 cm³/mol. The maximum atomic E-state index is 13.2. The summed E-state index contributed by atoms with van der Waals surface area (Å²) in [5.41, 5.74) is 0.1000. The van der Waals surface area contributed by atoms with Crippen molar-refractivity contribution < 1.29 is 28.9 Å². The highest BCUT2D eigenvalue weighted by Gasteiger charge is 2.27. The third-order valence-electron chi connectivity index (χ3n) is 5.38. The Balaban J connectivity index is 1.57. The largest absolute Gasteiger partial charge is 0.449 e. The zero-order valence-electron chi connectivity index (χ0n) is 19.4. The third kappa shape index (κ3) is 5.82. The zero-order valence-corrected chi connectivity index (χ0v) is 20.1. The van der Waals surface area contributed by atoms with Crippen LogP contribution in [0, 0.1) is 20.2 Å². The van der Waals surface area contributed by atoms with Crippen LogP contribution < -0.4 is 4.74 Å². The number of ether oxygens (including phenoxy) is 2. The number of carbonyl (C=O) groups is 2. The van der Waals surface area contributed by atoms with Crippen LogP contribution in [0.3, 0.4) is 0 Å². The number of hydrogen-bond acceptors (Lipinski definition) is 8. The van der Waals surface area contributed by atoms with Crippen molar-refractivity contribution in [1.82, 2.24) is 0 Å². The number of hydrogen-bond donors (Lipinski definition) is 0. The van der Waals surface area contributed by atoms with Gasteiger partial charge < -0.3 is 9.47 Å². The van der Waals surface area contributed by atoms with Gasteiger partial charge in [-0.1, -0.05) is 48.0 Å². The minimum Gasteiger partial charge on any atom is -0.449 e. The van der Waals surface area contributed by atoms with E-state index in [0.717, 1.165) is 0 Å². The minimum atomic E-state index is -1.37. The number of rotatable bonds is 9. The minimum absolute atomic E-state index is 0.0352. The molecule has 0 radical (unpaired) electrons. The van der Waals surface area contributed by atoms with E-state index in [4.69, 9.17) is 21.1 Å². The molecule has 0 spiro atoms. The molecule has 0 amide bonds. The quantitative estimate of drug-likeness (QED) is 0.1000. The van der Waals surface area contributed by atoms with Crippen molar-refractivity contribution in [2.24, 2.45) is 0 Å². The van der Waals surface area contributed by atoms with Crippen LogP contribution in [0.4, 0.5) is 11.4 Å². The van der Waals surface area contributed by atoms with Gasteiger partial charge in [0.2, 0.25) is 11.5 Å². The molecule has 0 N–H and O–H groups in total. The first-order valence-corrected chi connectivity index (χ1v) is 11.4. The van der Waals surface area contributed by atoms with Crippen molar-refractivity contribution in [3.05, 3.63) is 139 Å². The van der Waals surface area contributed by atoms with Gasteiger partial charge in [-0.15, -0.1) is 0 Å². The molecule has 1 atom stereocenters. The topological polar surface area (TPSA) is 139 Å². The molecule has 0 fully saturated rings. The lowest BCUT2D eigenvalue weighted by atomic mass is 9.99. The predicted octanol–water partition coefficient (Wildman–Crippen LogP) is 6.73. The van der Waals surface area contributed by atoms with Gasteiger partial charge in [0.15, 0.2) is 6.10 Å². The van der Waals surface area contributed by atoms with E-state index in [1.807, 2.05) is 0 Å². The first-order valence-electron chi connectivity index (χ1n) is 11.0. The molecule has 4 aromatic rings. The van der Waals surface area contributed by atoms with E-state index in [2.05, 4.69) is 0 Å². The van der Waals surface area contributed by atoms with Crippen LogP contribution in [0.25, 0.3) is 0 Å². The summed E-state index contributed by atoms with van der Waals surface area (Å²) in [6, 6.07) is 22.9. The normalized spacial score (nSPS) is 11.3. The molecule has 0 aliphatic carbocycles. The average molecular weight is 533 g/mol. The number of halogens is 1. The Labute approximate surface area is 220 Å². The molecule has 38 heavy (non-hydrogen) atoms. The van der Waals surface area contributed by atoms with Crippen molar-refractivity contribution in [3.63, 3.8) is 0 Å². The maximum Gasteiger partial charge on any atom is 0.339 e. The Morgan fingerprint density at radius 3 is 2.00 bits per heavy atom. The highest BCUT2D eigenvalue weighted by Crippen LogP contribution is 2.38. The van der Waals surface area contributed by atoms with Gasteiger partial charge in [0.25, 0.3) is 5.69 Å². The molecule has 0 aliphatic heterocycles. The number of non-ortho nitro benzene ring substituents is 1. The molecule has 190 valence electrons. The Bertz CT molecular complexity index is 1510. The number of para-hydroxylation sites is 1. The first kappa shape index (κ1) is 26.0. The molecule has 0 bridgehead atoms. The Morgan fingerprint density at radius 2 is 1.39 bits per heavy atom. The van der Waals surface area contributed by atoms with Gasteiger partial charge in [-0.25, -0.2) is 4.79 Å². The van der Waals surface area contributed by atoms with Crippen LogP contribution in [0.1, 0.15) is 32.4 Å². The molecule has 0 saturated carbocycles. The summed E-state index contributed by atoms with van der Waals surface area (Å²) < 4.78 is 11.1. The fraction of sp³-hybridized carbons (Fsp3) is 0.0370. The van der Waals surface area contributed by atoms with Crippen molar-refractivity contribution in [1.29, 1.82) is 0 Å². The highest BCUT2D eigenvalue weighted by atomic mass is 35.5. The van der Waals surface area contributed by atoms with Crippen molar-refractivity contribution >= 4 is 34.7 Å². The summed E-state index contributed by atoms with van der Waals surface area (Å²) in [4.78, 5) is 47.3. The standard InChI is InChI=1S/C27H17ClN2O8/c28-22-7-4-8-23(30(35)36)26(22)37-21-15-11-19(12-16-21)27(32)38-25(24(31)17-5-2-1-3-6-17)18-9-13-20(14-10-18)29(33)34/h1-16,25H/t25-/m1/s1. The van der Waals surface area contributed by atoms with E-state index < -0.39 is 27.7 Å². The average Bonchev–Trinajstić information content (AvgIpc) is 2.93. The van der Waals surface area contributed by atoms with Crippen LogP contribution >= 0.6 is 11.6 Å². The van der Waals surface area contributed by atoms with Gasteiger partial charge in [0.1, 0.15) is 5.75 Å². The summed E-state index contributed by atoms with van der Waals surface area (Å²) in [6.07, 6.45) is -1.37. The number of carbonyl (C=O) groups excluding carboxylic acids is 2. The molecule has 4 aromatic carbocycles. The molecule has 0 aliphatic rings. The van der Waals surface area contributed by atoms with E-state index in [9.17, 15) is 29.8 Å². The summed E-state index contributed by atoms with van der Waals surface area (Å²) in [5.74, 6) is -1.34. The lowest BCUT2D eigenvalue weighted by Gasteiger charge is -2.18. The van der Waals surface area contributed by atoms with E-state index in [1.54, 1.807) is 30.3 Å². The van der Waals surface area contributed by atoms with E-state index in [1.165, 1.54) is 66.7 Å². The van der Waals surface area contributed by atoms with E-state index in [-0.39, 0.29) is 44.6 Å². The number of nitrogens with zero attached hydrogens (tertiary/aromatic N) is 2. The lowest BCUT2D eigenvalue weighted by molar-refractivity contribution is -0.385. The molecule has 0 saturated heterocycles. The lowest BCUT2D eigenvalue weighted by Crippen LogP contribution is -2.20. The van der Waals surface area contributed by atoms with Crippen molar-refractivity contribution in [2.45, 2.75) is 6.10 Å². The molecule has 0 unspecified atom stereocenters. The Kier molecular flexibility index (Phi) is 7.74. The molecule has 11 heteroatoms. The van der Waals surface area contributed by atoms with Gasteiger partial charge >= 0.3 is 11.7 Å². The van der Waals surface area contributed by atoms with Crippen LogP contribution in [0.5, 0.6) is 11.5 Å². The number of ketones is 1. The second-order valence-corrected chi connectivity index (χ2v) is 8.24. The first-order chi connectivity index (χ1) is 18.2. The van der Waals surface area contributed by atoms with Crippen LogP contribution in [-0.4, -0.2) is 21.6 Å². The smallest absolute Gasteiger partial charge is 0.339 e. The van der Waals surface area contributed by atoms with Gasteiger partial charge in [-0.3, -0.25) is 25.0 Å². The summed E-state index contributed by atoms with van der Waals surface area (Å²) in [5, 5.41) is 22.3. The van der Waals surface area contributed by atoms with Gasteiger partial charge in [-0.05, 0) is 42.5 Å². The van der Waals surface area contributed by atoms with E-state index in [0.29, 0.717) is 0 Å². The molecule has 0 aromatic heterocycles. The monoisotopic (exact) mass is 532 g/mol. The Hall–Kier alpha value is -5.09. The number of esters is 1. The van der Waals surface area contributed by atoms with Gasteiger partial charge in [0, 0.05) is 29.3 Å². The molecular formula is C27H17ClN2O8. The fourth-order valence-corrected chi connectivity index (χ4v) is 3.70. The van der Waals surface area contributed by atoms with Crippen molar-refractivity contribution in [3.8, 4) is 11.5 Å². The molecule has 0 heterocycles. The highest BCUT2D eigenvalue weighted by molar-refractivity contribution is 6.32. The van der Waals surface area contributed by atoms with Gasteiger partial charge in [-0.2, -0.15) is 0 Å². The SMILES string of the molecule is O=C(O[C@@H](C(=O)c1ccccc1)c1ccc([N+](=O)[O-])cc1)c1ccc(Oc2c(Cl)cccc2[N+](=O)[O-])cc1. The van der Waals surface area contributed by atoms with Crippen LogP contribution in [-0.2, 0) is 4.74 Å². The second kappa shape index (κ2) is 11.3. The molecule has 4 rings (SSSR count). The number of nitro groups is 2. The van der Waals surface area contributed by atoms with Gasteiger partial charge in [0.05, 0.1) is 20.4 Å². The summed E-state index contributed by atoms with van der Waals surface area (Å²) in [6.45, 7) is 0. The zero-order chi connectivity index (χ0) is 27.2. The summed E-state index contributed by atoms with van der Waals surface area (Å²) in [7, 11) is 0. The van der Waals surface area contributed by atoms with Crippen molar-refractivity contribution in [2.75, 3.05) is 0 Å². The number of nitro benzene ring substituents is 2. The Morgan fingerprint density at radius 1 is 0.737 bits per heavy atom. The third-order valence-corrected chi connectivity index (χ3v) is 5.68. The number of Topliss-reactive ketones (excluding diaryl/α,β-unsaturated/α-hetero) is 1. The maximum absolute atomic E-state index is 13.2. The molecular weight excluding hydrogens is 516 g/mol. The molecule has 10 nitrogen and oxygen atoms in total. The van der Waals surface area contributed by atoms with Crippen LogP contribution in [0.15, 0.2) is 97.1 Å². The summed E-state index contributed by atoms with van der Waals surface area (Å²) >= 11 is 6.06. The van der Waals surface area contributed by atoms with E-state index >= 15 is 0 Å². The fourth-order valence-electron chi connectivity index (χ4n) is 3.49. The van der Waals surface area contributed by atoms with Crippen LogP contribution in [0.2, 0.25) is 5.02 Å². The number of benzene rings is 4. The second-order valence-electron chi connectivity index (χ2n) is 7.84.